The summed E-state index contributed by atoms with van der Waals surface area (Å²) in [4.78, 5) is 2.36. The lowest BCUT2D eigenvalue weighted by Crippen LogP contribution is -2.32. The molecular formula is C18H25ClFN5S. The number of rotatable bonds is 9. The number of aromatic nitrogens is 2. The van der Waals surface area contributed by atoms with Crippen molar-refractivity contribution >= 4 is 34.7 Å². The predicted octanol–water partition coefficient (Wildman–Crippen LogP) is 3.74. The van der Waals surface area contributed by atoms with Crippen molar-refractivity contribution < 1.29 is 4.39 Å². The maximum atomic E-state index is 13.7. The third kappa shape index (κ3) is 6.23. The number of hydrogen-bond acceptors (Lipinski definition) is 3. The van der Waals surface area contributed by atoms with E-state index < -0.39 is 0 Å². The minimum atomic E-state index is -0.265. The summed E-state index contributed by atoms with van der Waals surface area (Å²) in [5.41, 5.74) is 0.551. The molecule has 0 aliphatic rings. The minimum Gasteiger partial charge on any atom is -0.362 e. The van der Waals surface area contributed by atoms with Crippen LogP contribution >= 0.6 is 23.8 Å². The van der Waals surface area contributed by atoms with Gasteiger partial charge in [0.2, 0.25) is 0 Å². The van der Waals surface area contributed by atoms with Crippen LogP contribution in [-0.4, -0.2) is 46.0 Å². The Morgan fingerprint density at radius 2 is 2.04 bits per heavy atom. The van der Waals surface area contributed by atoms with Crippen molar-refractivity contribution in [2.45, 2.75) is 26.8 Å². The number of hydrogen-bond donors (Lipinski definition) is 2. The molecule has 0 bridgehead atoms. The number of thiocarbonyl (C=S) groups is 1. The third-order valence-corrected chi connectivity index (χ3v) is 4.59. The van der Waals surface area contributed by atoms with Crippen LogP contribution in [0.1, 0.15) is 25.8 Å². The molecule has 2 rings (SSSR count). The first-order valence-corrected chi connectivity index (χ1v) is 9.55. The van der Waals surface area contributed by atoms with Crippen LogP contribution in [0.25, 0.3) is 0 Å². The Hall–Kier alpha value is -1.70. The van der Waals surface area contributed by atoms with Crippen molar-refractivity contribution in [2.75, 3.05) is 31.5 Å². The molecule has 2 aromatic rings. The maximum Gasteiger partial charge on any atom is 0.173 e. The van der Waals surface area contributed by atoms with Gasteiger partial charge in [0.1, 0.15) is 10.8 Å². The van der Waals surface area contributed by atoms with E-state index >= 15 is 0 Å². The molecule has 2 N–H and O–H groups in total. The van der Waals surface area contributed by atoms with E-state index in [4.69, 9.17) is 23.8 Å². The summed E-state index contributed by atoms with van der Waals surface area (Å²) < 4.78 is 15.3. The molecule has 8 heteroatoms. The molecule has 0 saturated heterocycles. The minimum absolute atomic E-state index is 0.265. The number of halogens is 2. The Balaban J connectivity index is 1.83. The van der Waals surface area contributed by atoms with Gasteiger partial charge in [-0.3, -0.25) is 4.68 Å². The summed E-state index contributed by atoms with van der Waals surface area (Å²) in [6.45, 7) is 8.52. The highest BCUT2D eigenvalue weighted by molar-refractivity contribution is 7.80. The number of nitrogens with zero attached hydrogens (tertiary/aromatic N) is 3. The van der Waals surface area contributed by atoms with Gasteiger partial charge in [-0.05, 0) is 44.3 Å². The second kappa shape index (κ2) is 10.4. The summed E-state index contributed by atoms with van der Waals surface area (Å²) in [6.07, 6.45) is 2.65. The van der Waals surface area contributed by atoms with E-state index in [1.807, 2.05) is 0 Å². The Bertz CT molecular complexity index is 717. The molecule has 0 amide bonds. The van der Waals surface area contributed by atoms with Crippen LogP contribution in [0.4, 0.5) is 10.2 Å². The molecule has 142 valence electrons. The van der Waals surface area contributed by atoms with Crippen LogP contribution < -0.4 is 10.6 Å². The molecule has 5 nitrogen and oxygen atoms in total. The summed E-state index contributed by atoms with van der Waals surface area (Å²) in [7, 11) is 0. The largest absolute Gasteiger partial charge is 0.362 e. The van der Waals surface area contributed by atoms with Crippen molar-refractivity contribution in [1.29, 1.82) is 0 Å². The van der Waals surface area contributed by atoms with Gasteiger partial charge in [-0.1, -0.05) is 43.6 Å². The van der Waals surface area contributed by atoms with Crippen molar-refractivity contribution in [3.8, 4) is 0 Å². The van der Waals surface area contributed by atoms with Crippen molar-refractivity contribution in [3.05, 3.63) is 46.9 Å². The van der Waals surface area contributed by atoms with E-state index in [0.29, 0.717) is 28.1 Å². The van der Waals surface area contributed by atoms with Crippen LogP contribution in [0, 0.1) is 5.82 Å². The summed E-state index contributed by atoms with van der Waals surface area (Å²) in [6, 6.07) is 6.60. The lowest BCUT2D eigenvalue weighted by atomic mass is 10.2. The fourth-order valence-corrected chi connectivity index (χ4v) is 2.96. The zero-order valence-electron chi connectivity index (χ0n) is 15.1. The van der Waals surface area contributed by atoms with E-state index in [1.165, 1.54) is 6.07 Å². The van der Waals surface area contributed by atoms with Crippen molar-refractivity contribution in [1.82, 2.24) is 20.0 Å². The Labute approximate surface area is 164 Å². The van der Waals surface area contributed by atoms with E-state index in [-0.39, 0.29) is 5.82 Å². The number of anilines is 1. The highest BCUT2D eigenvalue weighted by Crippen LogP contribution is 2.20. The molecular weight excluding hydrogens is 373 g/mol. The molecule has 0 fully saturated rings. The summed E-state index contributed by atoms with van der Waals surface area (Å²) in [5.74, 6) is 0.197. The van der Waals surface area contributed by atoms with Gasteiger partial charge in [0.25, 0.3) is 0 Å². The third-order valence-electron chi connectivity index (χ3n) is 4.07. The first-order valence-electron chi connectivity index (χ1n) is 8.77. The number of nitrogens with one attached hydrogen (secondary N) is 2. The molecule has 0 spiro atoms. The molecule has 0 saturated carbocycles. The number of benzene rings is 1. The lowest BCUT2D eigenvalue weighted by Gasteiger charge is -2.18. The quantitative estimate of drug-likeness (QED) is 0.498. The molecule has 0 unspecified atom stereocenters. The van der Waals surface area contributed by atoms with E-state index in [1.54, 1.807) is 29.1 Å². The molecule has 0 radical (unpaired) electrons. The summed E-state index contributed by atoms with van der Waals surface area (Å²) >= 11 is 11.5. The topological polar surface area (TPSA) is 45.1 Å². The van der Waals surface area contributed by atoms with E-state index in [9.17, 15) is 4.39 Å². The Morgan fingerprint density at radius 3 is 2.73 bits per heavy atom. The smallest absolute Gasteiger partial charge is 0.173 e. The van der Waals surface area contributed by atoms with Gasteiger partial charge in [0.05, 0.1) is 6.54 Å². The van der Waals surface area contributed by atoms with Crippen LogP contribution in [-0.2, 0) is 6.54 Å². The monoisotopic (exact) mass is 397 g/mol. The van der Waals surface area contributed by atoms with Crippen molar-refractivity contribution in [2.24, 2.45) is 0 Å². The average molecular weight is 398 g/mol. The average Bonchev–Trinajstić information content (AvgIpc) is 2.96. The van der Waals surface area contributed by atoms with Gasteiger partial charge >= 0.3 is 0 Å². The molecule has 1 aromatic carbocycles. The first kappa shape index (κ1) is 20.6. The fourth-order valence-electron chi connectivity index (χ4n) is 2.56. The zero-order valence-corrected chi connectivity index (χ0v) is 16.7. The highest BCUT2D eigenvalue weighted by Gasteiger charge is 2.10. The van der Waals surface area contributed by atoms with Gasteiger partial charge < -0.3 is 15.5 Å². The van der Waals surface area contributed by atoms with Crippen molar-refractivity contribution in [3.63, 3.8) is 0 Å². The SMILES string of the molecule is CCN(CC)CCCNC(=S)Nc1nn(Cc2ccccc2F)cc1Cl. The van der Waals surface area contributed by atoms with Gasteiger partial charge in [0, 0.05) is 18.3 Å². The Morgan fingerprint density at radius 1 is 1.31 bits per heavy atom. The Kier molecular flexibility index (Phi) is 8.28. The molecule has 0 atom stereocenters. The molecule has 1 aromatic heterocycles. The standard InChI is InChI=1S/C18H25ClFN5S/c1-3-24(4-2)11-7-10-21-18(26)22-17-15(19)13-25(23-17)12-14-8-5-6-9-16(14)20/h5-6,8-9,13H,3-4,7,10-12H2,1-2H3,(H2,21,22,23,26). The van der Waals surface area contributed by atoms with Crippen LogP contribution in [0.15, 0.2) is 30.5 Å². The van der Waals surface area contributed by atoms with Gasteiger partial charge in [-0.25, -0.2) is 4.39 Å². The van der Waals surface area contributed by atoms with E-state index in [0.717, 1.165) is 32.6 Å². The predicted molar refractivity (Wildman–Crippen MR) is 109 cm³/mol. The normalized spacial score (nSPS) is 11.0. The molecule has 26 heavy (non-hydrogen) atoms. The van der Waals surface area contributed by atoms with Gasteiger partial charge in [-0.15, -0.1) is 0 Å². The van der Waals surface area contributed by atoms with Crippen LogP contribution in [0.5, 0.6) is 0 Å². The zero-order chi connectivity index (χ0) is 18.9. The lowest BCUT2D eigenvalue weighted by molar-refractivity contribution is 0.300. The first-order chi connectivity index (χ1) is 12.5. The van der Waals surface area contributed by atoms with Gasteiger partial charge in [-0.2, -0.15) is 5.10 Å². The molecule has 0 aliphatic carbocycles. The molecule has 0 aliphatic heterocycles. The van der Waals surface area contributed by atoms with Crippen LogP contribution in [0.2, 0.25) is 5.02 Å². The fraction of sp³-hybridized carbons (Fsp3) is 0.444. The maximum absolute atomic E-state index is 13.7. The summed E-state index contributed by atoms with van der Waals surface area (Å²) in [5, 5.41) is 11.4. The van der Waals surface area contributed by atoms with E-state index in [2.05, 4.69) is 34.5 Å². The second-order valence-electron chi connectivity index (χ2n) is 5.88. The molecule has 1 heterocycles. The highest BCUT2D eigenvalue weighted by atomic mass is 35.5. The van der Waals surface area contributed by atoms with Crippen LogP contribution in [0.3, 0.4) is 0 Å². The van der Waals surface area contributed by atoms with Gasteiger partial charge in [0.15, 0.2) is 10.9 Å². The second-order valence-corrected chi connectivity index (χ2v) is 6.69.